The number of nitrogens with one attached hydrogen (secondary N) is 1. The topological polar surface area (TPSA) is 49.3 Å². The molecule has 1 atom stereocenters. The molecule has 1 aromatic rings. The lowest BCUT2D eigenvalue weighted by atomic mass is 10.2. The van der Waals surface area contributed by atoms with Crippen LogP contribution >= 0.6 is 15.9 Å². The summed E-state index contributed by atoms with van der Waals surface area (Å²) in [5, 5.41) is 11.8. The molecule has 1 rings (SSSR count). The molecule has 0 aliphatic carbocycles. The Kier molecular flexibility index (Phi) is 5.49. The minimum absolute atomic E-state index is 0.0242. The maximum atomic E-state index is 11.4. The van der Waals surface area contributed by atoms with Crippen LogP contribution in [-0.4, -0.2) is 17.1 Å². The molecule has 0 saturated carbocycles. The molecule has 88 valence electrons. The maximum Gasteiger partial charge on any atom is 0.220 e. The lowest BCUT2D eigenvalue weighted by Crippen LogP contribution is -2.23. The summed E-state index contributed by atoms with van der Waals surface area (Å²) in [6, 6.07) is 7.80. The molecular weight excluding hydrogens is 270 g/mol. The van der Waals surface area contributed by atoms with Crippen LogP contribution in [0.4, 0.5) is 0 Å². The number of carbonyl (C=O) groups excluding carboxylic acids is 1. The van der Waals surface area contributed by atoms with Crippen LogP contribution in [0.25, 0.3) is 0 Å². The first-order chi connectivity index (χ1) is 7.58. The van der Waals surface area contributed by atoms with Crippen molar-refractivity contribution in [3.8, 4) is 0 Å². The summed E-state index contributed by atoms with van der Waals surface area (Å²) in [4.78, 5) is 11.4. The Morgan fingerprint density at radius 1 is 1.44 bits per heavy atom. The molecule has 3 nitrogen and oxygen atoms in total. The highest BCUT2D eigenvalue weighted by atomic mass is 79.9. The zero-order valence-corrected chi connectivity index (χ0v) is 10.8. The van der Waals surface area contributed by atoms with Crippen LogP contribution in [0.1, 0.15) is 25.3 Å². The second kappa shape index (κ2) is 6.66. The quantitative estimate of drug-likeness (QED) is 0.872. The molecule has 1 unspecified atom stereocenters. The fraction of sp³-hybridized carbons (Fsp3) is 0.417. The van der Waals surface area contributed by atoms with E-state index in [1.165, 1.54) is 0 Å². The Morgan fingerprint density at radius 3 is 2.62 bits per heavy atom. The van der Waals surface area contributed by atoms with Gasteiger partial charge in [0.1, 0.15) is 0 Å². The third kappa shape index (κ3) is 5.28. The minimum atomic E-state index is -0.418. The summed E-state index contributed by atoms with van der Waals surface area (Å²) in [5.74, 6) is -0.0242. The number of hydrogen-bond donors (Lipinski definition) is 2. The number of hydrogen-bond acceptors (Lipinski definition) is 2. The van der Waals surface area contributed by atoms with Gasteiger partial charge in [-0.3, -0.25) is 4.79 Å². The van der Waals surface area contributed by atoms with Crippen LogP contribution in [0.15, 0.2) is 28.7 Å². The van der Waals surface area contributed by atoms with E-state index in [2.05, 4.69) is 21.2 Å². The number of benzene rings is 1. The van der Waals surface area contributed by atoms with E-state index < -0.39 is 6.10 Å². The van der Waals surface area contributed by atoms with Crippen molar-refractivity contribution in [3.05, 3.63) is 34.3 Å². The van der Waals surface area contributed by atoms with E-state index in [0.29, 0.717) is 19.4 Å². The van der Waals surface area contributed by atoms with E-state index in [-0.39, 0.29) is 5.91 Å². The van der Waals surface area contributed by atoms with E-state index in [0.717, 1.165) is 10.0 Å². The summed E-state index contributed by atoms with van der Waals surface area (Å²) in [6.45, 7) is 2.22. The molecule has 0 aliphatic rings. The average Bonchev–Trinajstić information content (AvgIpc) is 2.25. The van der Waals surface area contributed by atoms with E-state index >= 15 is 0 Å². The first-order valence-corrected chi connectivity index (χ1v) is 6.06. The van der Waals surface area contributed by atoms with Gasteiger partial charge in [-0.25, -0.2) is 0 Å². The van der Waals surface area contributed by atoms with Crippen LogP contribution in [0.3, 0.4) is 0 Å². The predicted octanol–water partition coefficient (Wildman–Crippen LogP) is 2.23. The van der Waals surface area contributed by atoms with Gasteiger partial charge in [-0.05, 0) is 31.0 Å². The van der Waals surface area contributed by atoms with E-state index in [1.807, 2.05) is 24.3 Å². The molecule has 0 aromatic heterocycles. The molecule has 0 spiro atoms. The molecule has 2 N–H and O–H groups in total. The van der Waals surface area contributed by atoms with Gasteiger partial charge in [0.05, 0.1) is 6.10 Å². The Bertz CT molecular complexity index is 335. The minimum Gasteiger partial charge on any atom is -0.393 e. The van der Waals surface area contributed by atoms with Crippen LogP contribution in [-0.2, 0) is 11.3 Å². The van der Waals surface area contributed by atoms with Crippen molar-refractivity contribution in [2.24, 2.45) is 0 Å². The molecular formula is C12H16BrNO2. The molecule has 1 amide bonds. The molecule has 0 saturated heterocycles. The van der Waals surface area contributed by atoms with Gasteiger partial charge >= 0.3 is 0 Å². The molecule has 0 radical (unpaired) electrons. The molecule has 4 heteroatoms. The van der Waals surface area contributed by atoms with Crippen molar-refractivity contribution in [1.29, 1.82) is 0 Å². The van der Waals surface area contributed by atoms with E-state index in [1.54, 1.807) is 6.92 Å². The van der Waals surface area contributed by atoms with Crippen LogP contribution < -0.4 is 5.32 Å². The summed E-state index contributed by atoms with van der Waals surface area (Å²) in [5.41, 5.74) is 1.06. The first-order valence-electron chi connectivity index (χ1n) is 5.27. The summed E-state index contributed by atoms with van der Waals surface area (Å²) < 4.78 is 1.02. The van der Waals surface area contributed by atoms with Crippen molar-refractivity contribution < 1.29 is 9.90 Å². The van der Waals surface area contributed by atoms with Crippen molar-refractivity contribution in [2.45, 2.75) is 32.4 Å². The SMILES string of the molecule is CC(O)CCC(=O)NCc1ccc(Br)cc1. The highest BCUT2D eigenvalue weighted by molar-refractivity contribution is 9.10. The molecule has 1 aromatic carbocycles. The lowest BCUT2D eigenvalue weighted by Gasteiger charge is -2.06. The van der Waals surface area contributed by atoms with Gasteiger partial charge in [0, 0.05) is 17.4 Å². The van der Waals surface area contributed by atoms with Crippen molar-refractivity contribution in [1.82, 2.24) is 5.32 Å². The van der Waals surface area contributed by atoms with Crippen LogP contribution in [0.2, 0.25) is 0 Å². The van der Waals surface area contributed by atoms with Gasteiger partial charge in [0.25, 0.3) is 0 Å². The summed E-state index contributed by atoms with van der Waals surface area (Å²) >= 11 is 3.35. The third-order valence-corrected chi connectivity index (χ3v) is 2.72. The third-order valence-electron chi connectivity index (χ3n) is 2.19. The largest absolute Gasteiger partial charge is 0.393 e. The fourth-order valence-electron chi connectivity index (χ4n) is 1.23. The zero-order valence-electron chi connectivity index (χ0n) is 9.24. The molecule has 16 heavy (non-hydrogen) atoms. The number of aliphatic hydroxyl groups excluding tert-OH is 1. The van der Waals surface area contributed by atoms with Gasteiger partial charge in [0.2, 0.25) is 5.91 Å². The number of carbonyl (C=O) groups is 1. The molecule has 0 bridgehead atoms. The van der Waals surface area contributed by atoms with E-state index in [9.17, 15) is 4.79 Å². The molecule has 0 aliphatic heterocycles. The van der Waals surface area contributed by atoms with E-state index in [4.69, 9.17) is 5.11 Å². The Balaban J connectivity index is 2.29. The monoisotopic (exact) mass is 285 g/mol. The first kappa shape index (κ1) is 13.2. The smallest absolute Gasteiger partial charge is 0.220 e. The highest BCUT2D eigenvalue weighted by Crippen LogP contribution is 2.10. The van der Waals surface area contributed by atoms with Gasteiger partial charge in [-0.1, -0.05) is 28.1 Å². The van der Waals surface area contributed by atoms with Gasteiger partial charge in [-0.2, -0.15) is 0 Å². The van der Waals surface area contributed by atoms with Gasteiger partial charge in [-0.15, -0.1) is 0 Å². The summed E-state index contributed by atoms with van der Waals surface area (Å²) in [6.07, 6.45) is 0.457. The standard InChI is InChI=1S/C12H16BrNO2/c1-9(15)2-7-12(16)14-8-10-3-5-11(13)6-4-10/h3-6,9,15H,2,7-8H2,1H3,(H,14,16). The second-order valence-electron chi connectivity index (χ2n) is 3.79. The van der Waals surface area contributed by atoms with Gasteiger partial charge in [0.15, 0.2) is 0 Å². The fourth-order valence-corrected chi connectivity index (χ4v) is 1.50. The highest BCUT2D eigenvalue weighted by Gasteiger charge is 2.03. The Labute approximate surface area is 104 Å². The second-order valence-corrected chi connectivity index (χ2v) is 4.71. The van der Waals surface area contributed by atoms with Crippen molar-refractivity contribution >= 4 is 21.8 Å². The van der Waals surface area contributed by atoms with Gasteiger partial charge < -0.3 is 10.4 Å². The zero-order chi connectivity index (χ0) is 12.0. The number of amides is 1. The number of rotatable bonds is 5. The van der Waals surface area contributed by atoms with Crippen molar-refractivity contribution in [2.75, 3.05) is 0 Å². The molecule has 0 heterocycles. The Hall–Kier alpha value is -0.870. The predicted molar refractivity (Wildman–Crippen MR) is 66.9 cm³/mol. The lowest BCUT2D eigenvalue weighted by molar-refractivity contribution is -0.121. The maximum absolute atomic E-state index is 11.4. The summed E-state index contributed by atoms with van der Waals surface area (Å²) in [7, 11) is 0. The number of aliphatic hydroxyl groups is 1. The average molecular weight is 286 g/mol. The molecule has 0 fully saturated rings. The van der Waals surface area contributed by atoms with Crippen molar-refractivity contribution in [3.63, 3.8) is 0 Å². The Morgan fingerprint density at radius 2 is 2.06 bits per heavy atom. The normalized spacial score (nSPS) is 12.2. The van der Waals surface area contributed by atoms with Crippen LogP contribution in [0, 0.1) is 0 Å². The van der Waals surface area contributed by atoms with Crippen LogP contribution in [0.5, 0.6) is 0 Å². The number of halogens is 1.